The molecule has 1 aliphatic heterocycles. The predicted molar refractivity (Wildman–Crippen MR) is 212 cm³/mol. The molecule has 0 unspecified atom stereocenters. The van der Waals surface area contributed by atoms with Crippen molar-refractivity contribution in [2.45, 2.75) is 95.5 Å². The predicted octanol–water partition coefficient (Wildman–Crippen LogP) is 2.35. The maximum absolute atomic E-state index is 13.3. The van der Waals surface area contributed by atoms with Crippen LogP contribution in [0.15, 0.2) is 84.9 Å². The van der Waals surface area contributed by atoms with E-state index in [-0.39, 0.29) is 24.9 Å². The van der Waals surface area contributed by atoms with Crippen LogP contribution >= 0.6 is 0 Å². The van der Waals surface area contributed by atoms with Gasteiger partial charge in [0.25, 0.3) is 0 Å². The molecule has 0 radical (unpaired) electrons. The van der Waals surface area contributed by atoms with Crippen molar-refractivity contribution in [1.29, 1.82) is 0 Å². The van der Waals surface area contributed by atoms with E-state index in [1.54, 1.807) is 0 Å². The zero-order valence-corrected chi connectivity index (χ0v) is 32.0. The van der Waals surface area contributed by atoms with Crippen LogP contribution in [0, 0.1) is 0 Å². The van der Waals surface area contributed by atoms with Gasteiger partial charge in [-0.3, -0.25) is 24.0 Å². The van der Waals surface area contributed by atoms with E-state index < -0.39 is 47.8 Å². The van der Waals surface area contributed by atoms with Crippen molar-refractivity contribution in [1.82, 2.24) is 26.2 Å². The van der Waals surface area contributed by atoms with Crippen LogP contribution in [0.4, 0.5) is 0 Å². The zero-order valence-electron chi connectivity index (χ0n) is 32.0. The Bertz CT molecular complexity index is 1680. The Labute approximate surface area is 324 Å². The highest BCUT2D eigenvalue weighted by atomic mass is 16.5. The van der Waals surface area contributed by atoms with E-state index in [0.717, 1.165) is 49.2 Å². The summed E-state index contributed by atoms with van der Waals surface area (Å²) in [5, 5.41) is 10.7. The number of carbonyl (C=O) groups is 5. The topological polar surface area (TPSA) is 198 Å². The molecule has 13 nitrogen and oxygen atoms in total. The van der Waals surface area contributed by atoms with Gasteiger partial charge in [0, 0.05) is 38.9 Å². The van der Waals surface area contributed by atoms with Gasteiger partial charge < -0.3 is 42.4 Å². The van der Waals surface area contributed by atoms with E-state index in [1.807, 2.05) is 66.7 Å². The molecule has 0 spiro atoms. The maximum atomic E-state index is 13.3. The van der Waals surface area contributed by atoms with Crippen LogP contribution in [0.25, 0.3) is 0 Å². The number of likely N-dealkylation sites (tertiary alicyclic amines) is 1. The highest BCUT2D eigenvalue weighted by molar-refractivity contribution is 5.95. The van der Waals surface area contributed by atoms with E-state index in [9.17, 15) is 24.0 Å². The van der Waals surface area contributed by atoms with Crippen molar-refractivity contribution in [3.8, 4) is 5.75 Å². The molecule has 296 valence electrons. The second-order valence-corrected chi connectivity index (χ2v) is 14.2. The summed E-state index contributed by atoms with van der Waals surface area (Å²) < 4.78 is 6.46. The quantitative estimate of drug-likeness (QED) is 0.0891. The van der Waals surface area contributed by atoms with Crippen LogP contribution in [-0.4, -0.2) is 90.9 Å². The first-order valence-electron chi connectivity index (χ1n) is 19.3. The molecule has 8 N–H and O–H groups in total. The first-order valence-corrected chi connectivity index (χ1v) is 19.3. The molecule has 13 heteroatoms. The van der Waals surface area contributed by atoms with E-state index in [4.69, 9.17) is 16.2 Å². The van der Waals surface area contributed by atoms with Crippen molar-refractivity contribution in [2.75, 3.05) is 26.2 Å². The molecule has 3 aromatic rings. The molecule has 3 aromatic carbocycles. The summed E-state index contributed by atoms with van der Waals surface area (Å²) in [7, 11) is 0. The Balaban J connectivity index is 1.21. The number of amides is 5. The normalized spacial score (nSPS) is 15.5. The van der Waals surface area contributed by atoms with Gasteiger partial charge in [0.05, 0.1) is 0 Å². The lowest BCUT2D eigenvalue weighted by Crippen LogP contribution is -2.57. The van der Waals surface area contributed by atoms with Gasteiger partial charge in [-0.05, 0) is 75.3 Å². The number of hydrogen-bond donors (Lipinski definition) is 6. The molecule has 0 saturated carbocycles. The Morgan fingerprint density at radius 3 is 1.95 bits per heavy atom. The van der Waals surface area contributed by atoms with Crippen LogP contribution in [-0.2, 0) is 36.8 Å². The summed E-state index contributed by atoms with van der Waals surface area (Å²) in [4.78, 5) is 66.5. The zero-order chi connectivity index (χ0) is 39.6. The van der Waals surface area contributed by atoms with Crippen molar-refractivity contribution < 1.29 is 28.7 Å². The van der Waals surface area contributed by atoms with Crippen molar-refractivity contribution in [3.05, 3.63) is 102 Å². The largest absolute Gasteiger partial charge is 0.490 e. The smallest absolute Gasteiger partial charge is 0.243 e. The van der Waals surface area contributed by atoms with Crippen LogP contribution in [0.2, 0.25) is 0 Å². The second kappa shape index (κ2) is 22.2. The Kier molecular flexibility index (Phi) is 17.1. The lowest BCUT2D eigenvalue weighted by Gasteiger charge is -2.32. The molecule has 1 fully saturated rings. The Morgan fingerprint density at radius 1 is 0.727 bits per heavy atom. The van der Waals surface area contributed by atoms with Gasteiger partial charge in [0.15, 0.2) is 0 Å². The molecule has 0 aliphatic carbocycles. The first kappa shape index (κ1) is 42.5. The number of carbonyl (C=O) groups excluding carboxylic acids is 5. The van der Waals surface area contributed by atoms with Crippen LogP contribution < -0.4 is 37.5 Å². The molecule has 1 heterocycles. The number of para-hydroxylation sites is 1. The van der Waals surface area contributed by atoms with Gasteiger partial charge in [0.2, 0.25) is 29.5 Å². The monoisotopic (exact) mass is 755 g/mol. The summed E-state index contributed by atoms with van der Waals surface area (Å²) in [5.74, 6) is -1.77. The van der Waals surface area contributed by atoms with Crippen molar-refractivity contribution in [3.63, 3.8) is 0 Å². The minimum Gasteiger partial charge on any atom is -0.490 e. The number of ether oxygens (including phenoxy) is 1. The molecule has 5 amide bonds. The number of nitrogens with zero attached hydrogens (tertiary/aromatic N) is 1. The van der Waals surface area contributed by atoms with Gasteiger partial charge in [0.1, 0.15) is 36.0 Å². The molecule has 1 saturated heterocycles. The van der Waals surface area contributed by atoms with Gasteiger partial charge in [-0.15, -0.1) is 0 Å². The van der Waals surface area contributed by atoms with Gasteiger partial charge >= 0.3 is 0 Å². The van der Waals surface area contributed by atoms with Crippen LogP contribution in [0.3, 0.4) is 0 Å². The minimum absolute atomic E-state index is 0.0841. The fourth-order valence-electron chi connectivity index (χ4n) is 6.45. The Hall–Kier alpha value is -5.27. The highest BCUT2D eigenvalue weighted by Gasteiger charge is 2.28. The summed E-state index contributed by atoms with van der Waals surface area (Å²) in [6, 6.07) is 23.7. The molecule has 4 atom stereocenters. The number of primary amides is 1. The third-order valence-electron chi connectivity index (χ3n) is 9.74. The Morgan fingerprint density at radius 2 is 1.31 bits per heavy atom. The standard InChI is InChI=1S/C42H57N7O6/c1-29(40(52)45-30(2)41(53)48-36(39(44)51)28-32-15-7-4-8-16-32)46-42(54)35(18-11-12-23-43)47-38(50)22-26-49-24-20-34(21-25-49)55-37-19-10-9-17-33(37)27-31-13-5-3-6-14-31/h3-10,13-17,19,29-30,34-36H,11-12,18,20-28,43H2,1-2H3,(H2,44,51)(H,45,52)(H,46,54)(H,47,50)(H,48,53)/t29-,30-,35-,36+/m0/s1. The van der Waals surface area contributed by atoms with Crippen LogP contribution in [0.5, 0.6) is 5.75 Å². The fourth-order valence-corrected chi connectivity index (χ4v) is 6.45. The summed E-state index contributed by atoms with van der Waals surface area (Å²) in [6.07, 6.45) is 4.61. The summed E-state index contributed by atoms with van der Waals surface area (Å²) in [5.41, 5.74) is 14.4. The average molecular weight is 756 g/mol. The molecule has 0 bridgehead atoms. The molecule has 4 rings (SSSR count). The molecule has 0 aromatic heterocycles. The molecular weight excluding hydrogens is 699 g/mol. The summed E-state index contributed by atoms with van der Waals surface area (Å²) >= 11 is 0. The highest BCUT2D eigenvalue weighted by Crippen LogP contribution is 2.25. The van der Waals surface area contributed by atoms with Crippen LogP contribution in [0.1, 0.15) is 69.1 Å². The number of unbranched alkanes of at least 4 members (excludes halogenated alkanes) is 1. The number of rotatable bonds is 21. The number of benzene rings is 3. The minimum atomic E-state index is -1.02. The lowest BCUT2D eigenvalue weighted by molar-refractivity contribution is -0.134. The number of hydrogen-bond acceptors (Lipinski definition) is 8. The fraction of sp³-hybridized carbons (Fsp3) is 0.452. The van der Waals surface area contributed by atoms with E-state index in [0.29, 0.717) is 32.4 Å². The third-order valence-corrected chi connectivity index (χ3v) is 9.74. The maximum Gasteiger partial charge on any atom is 0.243 e. The number of piperidine rings is 1. The van der Waals surface area contributed by atoms with E-state index in [1.165, 1.54) is 19.4 Å². The van der Waals surface area contributed by atoms with Gasteiger partial charge in [-0.1, -0.05) is 78.9 Å². The number of nitrogens with two attached hydrogens (primary N) is 2. The van der Waals surface area contributed by atoms with Crippen molar-refractivity contribution in [2.24, 2.45) is 11.5 Å². The van der Waals surface area contributed by atoms with Crippen molar-refractivity contribution >= 4 is 29.5 Å². The molecule has 1 aliphatic rings. The molecular formula is C42H57N7O6. The SMILES string of the molecule is C[C@H](NC(=O)[C@H](C)NC(=O)[C@H](CCCCN)NC(=O)CCN1CCC(Oc2ccccc2Cc2ccccc2)CC1)C(=O)N[C@H](Cc1ccccc1)C(N)=O. The second-order valence-electron chi connectivity index (χ2n) is 14.2. The summed E-state index contributed by atoms with van der Waals surface area (Å²) in [6.45, 7) is 5.53. The van der Waals surface area contributed by atoms with Gasteiger partial charge in [-0.25, -0.2) is 0 Å². The number of nitrogens with one attached hydrogen (secondary N) is 4. The third kappa shape index (κ3) is 14.5. The van der Waals surface area contributed by atoms with E-state index in [2.05, 4.69) is 44.4 Å². The molecule has 55 heavy (non-hydrogen) atoms. The van der Waals surface area contributed by atoms with E-state index >= 15 is 0 Å². The van der Waals surface area contributed by atoms with Gasteiger partial charge in [-0.2, -0.15) is 0 Å². The first-order chi connectivity index (χ1) is 26.5. The lowest BCUT2D eigenvalue weighted by atomic mass is 10.0. The average Bonchev–Trinajstić information content (AvgIpc) is 3.18.